The van der Waals surface area contributed by atoms with Gasteiger partial charge in [0.05, 0.1) is 5.57 Å². The molecule has 0 amide bonds. The van der Waals surface area contributed by atoms with Crippen molar-refractivity contribution in [3.8, 4) is 0 Å². The van der Waals surface area contributed by atoms with Crippen molar-refractivity contribution in [1.29, 1.82) is 0 Å². The van der Waals surface area contributed by atoms with Crippen LogP contribution in [-0.4, -0.2) is 5.97 Å². The van der Waals surface area contributed by atoms with Gasteiger partial charge >= 0.3 is 5.97 Å². The molecule has 2 aromatic carbocycles. The van der Waals surface area contributed by atoms with Crippen molar-refractivity contribution in [3.05, 3.63) is 81.6 Å². The average Bonchev–Trinajstić information content (AvgIpc) is 2.83. The first-order valence-corrected chi connectivity index (χ1v) is 7.08. The lowest BCUT2D eigenvalue weighted by atomic mass is 10.1. The summed E-state index contributed by atoms with van der Waals surface area (Å²) >= 11 is 3.36. The van der Waals surface area contributed by atoms with Crippen molar-refractivity contribution in [2.24, 2.45) is 0 Å². The van der Waals surface area contributed by atoms with Gasteiger partial charge in [0.2, 0.25) is 0 Å². The summed E-state index contributed by atoms with van der Waals surface area (Å²) in [5.41, 5.74) is 2.02. The summed E-state index contributed by atoms with van der Waals surface area (Å²) < 4.78 is 19.1. The van der Waals surface area contributed by atoms with Crippen LogP contribution in [0.3, 0.4) is 0 Å². The smallest absolute Gasteiger partial charge is 0.343 e. The molecule has 4 heteroatoms. The normalized spacial score (nSPS) is 16.0. The highest BCUT2D eigenvalue weighted by atomic mass is 79.9. The lowest BCUT2D eigenvalue weighted by Crippen LogP contribution is -1.97. The van der Waals surface area contributed by atoms with Crippen molar-refractivity contribution in [1.82, 2.24) is 0 Å². The molecule has 0 unspecified atom stereocenters. The van der Waals surface area contributed by atoms with Crippen LogP contribution in [0.4, 0.5) is 4.39 Å². The van der Waals surface area contributed by atoms with Crippen LogP contribution in [0.1, 0.15) is 11.1 Å². The van der Waals surface area contributed by atoms with Crippen LogP contribution < -0.4 is 0 Å². The molecule has 0 spiro atoms. The van der Waals surface area contributed by atoms with Gasteiger partial charge in [-0.25, -0.2) is 9.18 Å². The Hall–Kier alpha value is -2.20. The van der Waals surface area contributed by atoms with Crippen molar-refractivity contribution in [3.63, 3.8) is 0 Å². The number of cyclic esters (lactones) is 1. The standard InChI is InChI=1S/C17H10BrFO2/c18-14-5-3-12(4-6-14)16-10-13(17(20)21-16)9-11-1-7-15(19)8-2-11/h1-10H/b13-9-. The Morgan fingerprint density at radius 2 is 1.67 bits per heavy atom. The van der Waals surface area contributed by atoms with Crippen LogP contribution in [0.15, 0.2) is 64.7 Å². The highest BCUT2D eigenvalue weighted by Crippen LogP contribution is 2.28. The van der Waals surface area contributed by atoms with Gasteiger partial charge in [-0.2, -0.15) is 0 Å². The van der Waals surface area contributed by atoms with Crippen LogP contribution >= 0.6 is 15.9 Å². The summed E-state index contributed by atoms with van der Waals surface area (Å²) in [6.07, 6.45) is 3.36. The molecule has 1 aliphatic rings. The van der Waals surface area contributed by atoms with E-state index in [1.54, 1.807) is 24.3 Å². The zero-order valence-corrected chi connectivity index (χ0v) is 12.4. The van der Waals surface area contributed by atoms with E-state index < -0.39 is 5.97 Å². The van der Waals surface area contributed by atoms with Crippen LogP contribution in [0, 0.1) is 5.82 Å². The number of ether oxygens (including phenoxy) is 1. The van der Waals surface area contributed by atoms with Crippen molar-refractivity contribution in [2.45, 2.75) is 0 Å². The molecule has 3 rings (SSSR count). The second kappa shape index (κ2) is 5.66. The van der Waals surface area contributed by atoms with E-state index in [1.807, 2.05) is 24.3 Å². The van der Waals surface area contributed by atoms with Gasteiger partial charge in [-0.15, -0.1) is 0 Å². The molecule has 2 nitrogen and oxygen atoms in total. The number of hydrogen-bond acceptors (Lipinski definition) is 2. The van der Waals surface area contributed by atoms with Crippen molar-refractivity contribution in [2.75, 3.05) is 0 Å². The fourth-order valence-corrected chi connectivity index (χ4v) is 2.25. The molecule has 1 heterocycles. The number of rotatable bonds is 2. The van der Waals surface area contributed by atoms with E-state index in [0.717, 1.165) is 15.6 Å². The predicted molar refractivity (Wildman–Crippen MR) is 82.6 cm³/mol. The van der Waals surface area contributed by atoms with Crippen LogP contribution in [0.2, 0.25) is 0 Å². The van der Waals surface area contributed by atoms with E-state index in [0.29, 0.717) is 11.3 Å². The maximum absolute atomic E-state index is 12.9. The molecule has 0 radical (unpaired) electrons. The van der Waals surface area contributed by atoms with Gasteiger partial charge < -0.3 is 4.74 Å². The molecule has 0 aliphatic carbocycles. The van der Waals surface area contributed by atoms with Gasteiger partial charge in [-0.3, -0.25) is 0 Å². The summed E-state index contributed by atoms with van der Waals surface area (Å²) in [4.78, 5) is 11.9. The first-order chi connectivity index (χ1) is 10.1. The summed E-state index contributed by atoms with van der Waals surface area (Å²) in [5, 5.41) is 0. The molecule has 0 N–H and O–H groups in total. The predicted octanol–water partition coefficient (Wildman–Crippen LogP) is 4.57. The Morgan fingerprint density at radius 3 is 2.33 bits per heavy atom. The fourth-order valence-electron chi connectivity index (χ4n) is 1.98. The van der Waals surface area contributed by atoms with Gasteiger partial charge in [-0.1, -0.05) is 40.2 Å². The maximum Gasteiger partial charge on any atom is 0.343 e. The van der Waals surface area contributed by atoms with Gasteiger partial charge in [0.15, 0.2) is 0 Å². The Bertz CT molecular complexity index is 743. The minimum absolute atomic E-state index is 0.308. The molecule has 21 heavy (non-hydrogen) atoms. The Kier molecular flexibility index (Phi) is 3.71. The number of hydrogen-bond donors (Lipinski definition) is 0. The zero-order chi connectivity index (χ0) is 14.8. The summed E-state index contributed by atoms with van der Waals surface area (Å²) in [6.45, 7) is 0. The van der Waals surface area contributed by atoms with Gasteiger partial charge in [0, 0.05) is 10.0 Å². The first kappa shape index (κ1) is 13.8. The third-order valence-electron chi connectivity index (χ3n) is 3.05. The largest absolute Gasteiger partial charge is 0.422 e. The van der Waals surface area contributed by atoms with E-state index >= 15 is 0 Å². The van der Waals surface area contributed by atoms with E-state index in [1.165, 1.54) is 12.1 Å². The molecule has 0 bridgehead atoms. The lowest BCUT2D eigenvalue weighted by molar-refractivity contribution is -0.130. The number of benzene rings is 2. The first-order valence-electron chi connectivity index (χ1n) is 6.29. The van der Waals surface area contributed by atoms with E-state index in [-0.39, 0.29) is 5.82 Å². The average molecular weight is 345 g/mol. The van der Waals surface area contributed by atoms with Gasteiger partial charge in [-0.05, 0) is 42.0 Å². The van der Waals surface area contributed by atoms with E-state index in [9.17, 15) is 9.18 Å². The molecule has 0 saturated carbocycles. The maximum atomic E-state index is 12.9. The van der Waals surface area contributed by atoms with Gasteiger partial charge in [0.25, 0.3) is 0 Å². The lowest BCUT2D eigenvalue weighted by Gasteiger charge is -2.01. The Labute approximate surface area is 129 Å². The SMILES string of the molecule is O=C1OC(c2ccc(Br)cc2)=C/C1=C/c1ccc(F)cc1. The molecule has 2 aromatic rings. The molecule has 0 saturated heterocycles. The molecule has 0 aromatic heterocycles. The van der Waals surface area contributed by atoms with E-state index in [2.05, 4.69) is 15.9 Å². The number of halogens is 2. The monoisotopic (exact) mass is 344 g/mol. The van der Waals surface area contributed by atoms with Crippen LogP contribution in [0.25, 0.3) is 11.8 Å². The number of esters is 1. The fraction of sp³-hybridized carbons (Fsp3) is 0. The van der Waals surface area contributed by atoms with Crippen LogP contribution in [0.5, 0.6) is 0 Å². The van der Waals surface area contributed by atoms with Crippen molar-refractivity contribution >= 4 is 33.7 Å². The third kappa shape index (κ3) is 3.11. The molecular formula is C17H10BrFO2. The van der Waals surface area contributed by atoms with E-state index in [4.69, 9.17) is 4.74 Å². The third-order valence-corrected chi connectivity index (χ3v) is 3.57. The van der Waals surface area contributed by atoms with Crippen molar-refractivity contribution < 1.29 is 13.9 Å². The molecule has 1 aliphatic heterocycles. The Balaban J connectivity index is 1.91. The summed E-state index contributed by atoms with van der Waals surface area (Å²) in [7, 11) is 0. The Morgan fingerprint density at radius 1 is 1.00 bits per heavy atom. The summed E-state index contributed by atoms with van der Waals surface area (Å²) in [5.74, 6) is -0.199. The van der Waals surface area contributed by atoms with Gasteiger partial charge in [0.1, 0.15) is 11.6 Å². The zero-order valence-electron chi connectivity index (χ0n) is 10.8. The van der Waals surface area contributed by atoms with Crippen LogP contribution in [-0.2, 0) is 9.53 Å². The quantitative estimate of drug-likeness (QED) is 0.589. The second-order valence-corrected chi connectivity index (χ2v) is 5.47. The highest BCUT2D eigenvalue weighted by Gasteiger charge is 2.21. The number of carbonyl (C=O) groups is 1. The molecule has 0 atom stereocenters. The topological polar surface area (TPSA) is 26.3 Å². The minimum Gasteiger partial charge on any atom is -0.422 e. The molecule has 104 valence electrons. The number of carbonyl (C=O) groups excluding carboxylic acids is 1. The highest BCUT2D eigenvalue weighted by molar-refractivity contribution is 9.10. The second-order valence-electron chi connectivity index (χ2n) is 4.56. The molecular weight excluding hydrogens is 335 g/mol. The molecule has 0 fully saturated rings. The minimum atomic E-state index is -0.405. The summed E-state index contributed by atoms with van der Waals surface area (Å²) in [6, 6.07) is 13.4.